The Morgan fingerprint density at radius 2 is 1.88 bits per heavy atom. The number of hydrogen-bond donors (Lipinski definition) is 2. The lowest BCUT2D eigenvalue weighted by atomic mass is 10.2. The first-order valence-electron chi connectivity index (χ1n) is 8.52. The maximum absolute atomic E-state index is 4.70. The van der Waals surface area contributed by atoms with Gasteiger partial charge in [0, 0.05) is 42.8 Å². The average Bonchev–Trinajstić information content (AvgIpc) is 3.22. The van der Waals surface area contributed by atoms with Crippen molar-refractivity contribution in [1.82, 2.24) is 25.4 Å². The third-order valence-corrected chi connectivity index (χ3v) is 5.19. The number of aryl methyl sites for hydroxylation is 2. The van der Waals surface area contributed by atoms with Crippen LogP contribution in [0.25, 0.3) is 11.3 Å². The van der Waals surface area contributed by atoms with Crippen LogP contribution in [0.5, 0.6) is 0 Å². The minimum atomic E-state index is 0.641. The van der Waals surface area contributed by atoms with Crippen molar-refractivity contribution in [3.63, 3.8) is 0 Å². The van der Waals surface area contributed by atoms with E-state index in [0.29, 0.717) is 13.1 Å². The first-order chi connectivity index (χ1) is 12.6. The predicted octanol–water partition coefficient (Wildman–Crippen LogP) is 3.03. The summed E-state index contributed by atoms with van der Waals surface area (Å²) in [5.74, 6) is 0.754. The molecular formula is C19H24N6S. The molecule has 0 aliphatic rings. The summed E-state index contributed by atoms with van der Waals surface area (Å²) in [5, 5.41) is 14.2. The molecule has 3 aromatic rings. The van der Waals surface area contributed by atoms with E-state index < -0.39 is 0 Å². The number of hydrogen-bond acceptors (Lipinski definition) is 4. The Morgan fingerprint density at radius 1 is 1.15 bits per heavy atom. The van der Waals surface area contributed by atoms with Crippen LogP contribution in [0.15, 0.2) is 40.7 Å². The molecule has 26 heavy (non-hydrogen) atoms. The number of nitrogens with zero attached hydrogens (tertiary/aromatic N) is 4. The second-order valence-corrected chi connectivity index (χ2v) is 6.99. The summed E-state index contributed by atoms with van der Waals surface area (Å²) in [6, 6.07) is 10.2. The summed E-state index contributed by atoms with van der Waals surface area (Å²) in [6.45, 7) is 5.44. The zero-order valence-corrected chi connectivity index (χ0v) is 16.4. The molecule has 1 aromatic carbocycles. The van der Waals surface area contributed by atoms with Gasteiger partial charge in [0.25, 0.3) is 0 Å². The molecule has 0 unspecified atom stereocenters. The number of aromatic nitrogens is 3. The standard InChI is InChI=1S/C19H24N6S/c1-13-16(14(2)25(4)24-13)10-21-19(20-3)22-11-18-23-17(12-26-18)15-8-6-5-7-9-15/h5-9,12H,10-11H2,1-4H3,(H2,20,21,22). The quantitative estimate of drug-likeness (QED) is 0.537. The molecule has 2 aromatic heterocycles. The van der Waals surface area contributed by atoms with Gasteiger partial charge < -0.3 is 10.6 Å². The van der Waals surface area contributed by atoms with Gasteiger partial charge in [-0.25, -0.2) is 4.98 Å². The lowest BCUT2D eigenvalue weighted by Crippen LogP contribution is -2.36. The molecule has 0 saturated heterocycles. The van der Waals surface area contributed by atoms with Crippen LogP contribution < -0.4 is 10.6 Å². The largest absolute Gasteiger partial charge is 0.352 e. The molecule has 0 bridgehead atoms. The molecule has 0 aliphatic heterocycles. The smallest absolute Gasteiger partial charge is 0.191 e. The summed E-state index contributed by atoms with van der Waals surface area (Å²) in [6.07, 6.45) is 0. The molecule has 6 nitrogen and oxygen atoms in total. The lowest BCUT2D eigenvalue weighted by Gasteiger charge is -2.11. The van der Waals surface area contributed by atoms with Crippen LogP contribution >= 0.6 is 11.3 Å². The first kappa shape index (κ1) is 18.1. The Kier molecular flexibility index (Phi) is 5.68. The third-order valence-electron chi connectivity index (χ3n) is 4.34. The highest BCUT2D eigenvalue weighted by molar-refractivity contribution is 7.09. The van der Waals surface area contributed by atoms with Crippen LogP contribution in [0.1, 0.15) is 22.0 Å². The Morgan fingerprint density at radius 3 is 2.54 bits per heavy atom. The summed E-state index contributed by atoms with van der Waals surface area (Å²) >= 11 is 1.65. The Hall–Kier alpha value is -2.67. The molecule has 0 atom stereocenters. The van der Waals surface area contributed by atoms with Crippen molar-refractivity contribution in [2.24, 2.45) is 12.0 Å². The molecule has 2 heterocycles. The third kappa shape index (κ3) is 4.11. The second kappa shape index (κ2) is 8.14. The first-order valence-corrected chi connectivity index (χ1v) is 9.40. The Balaban J connectivity index is 1.57. The van der Waals surface area contributed by atoms with Gasteiger partial charge in [-0.15, -0.1) is 11.3 Å². The molecular weight excluding hydrogens is 344 g/mol. The number of guanidine groups is 1. The van der Waals surface area contributed by atoms with Crippen LogP contribution in [0, 0.1) is 13.8 Å². The Bertz CT molecular complexity index is 894. The van der Waals surface area contributed by atoms with Crippen LogP contribution in [-0.4, -0.2) is 27.8 Å². The van der Waals surface area contributed by atoms with Gasteiger partial charge >= 0.3 is 0 Å². The zero-order valence-electron chi connectivity index (χ0n) is 15.6. The molecule has 0 saturated carbocycles. The summed E-state index contributed by atoms with van der Waals surface area (Å²) < 4.78 is 1.91. The highest BCUT2D eigenvalue weighted by atomic mass is 32.1. The molecule has 0 aliphatic carbocycles. The minimum absolute atomic E-state index is 0.641. The Labute approximate surface area is 158 Å². The van der Waals surface area contributed by atoms with Crippen LogP contribution in [-0.2, 0) is 20.1 Å². The van der Waals surface area contributed by atoms with E-state index in [4.69, 9.17) is 4.98 Å². The summed E-state index contributed by atoms with van der Waals surface area (Å²) in [5.41, 5.74) is 5.56. The number of nitrogens with one attached hydrogen (secondary N) is 2. The molecule has 7 heteroatoms. The molecule has 3 rings (SSSR count). The van der Waals surface area contributed by atoms with E-state index >= 15 is 0 Å². The lowest BCUT2D eigenvalue weighted by molar-refractivity contribution is 0.728. The fourth-order valence-electron chi connectivity index (χ4n) is 2.76. The van der Waals surface area contributed by atoms with Crippen LogP contribution in [0.3, 0.4) is 0 Å². The fourth-order valence-corrected chi connectivity index (χ4v) is 3.50. The van der Waals surface area contributed by atoms with Gasteiger partial charge in [-0.05, 0) is 13.8 Å². The molecule has 0 fully saturated rings. The monoisotopic (exact) mass is 368 g/mol. The maximum Gasteiger partial charge on any atom is 0.191 e. The molecule has 0 radical (unpaired) electrons. The number of aliphatic imine (C=N–C) groups is 1. The van der Waals surface area contributed by atoms with Crippen molar-refractivity contribution < 1.29 is 0 Å². The number of benzene rings is 1. The summed E-state index contributed by atoms with van der Waals surface area (Å²) in [7, 11) is 3.74. The van der Waals surface area contributed by atoms with Crippen molar-refractivity contribution in [3.05, 3.63) is 57.7 Å². The number of thiazole rings is 1. The maximum atomic E-state index is 4.70. The summed E-state index contributed by atoms with van der Waals surface area (Å²) in [4.78, 5) is 8.99. The van der Waals surface area contributed by atoms with Crippen LogP contribution in [0.2, 0.25) is 0 Å². The zero-order chi connectivity index (χ0) is 18.5. The van der Waals surface area contributed by atoms with E-state index in [1.807, 2.05) is 36.9 Å². The SMILES string of the molecule is CN=C(NCc1nc(-c2ccccc2)cs1)NCc1c(C)nn(C)c1C. The van der Waals surface area contributed by atoms with Gasteiger partial charge in [0.05, 0.1) is 17.9 Å². The van der Waals surface area contributed by atoms with Crippen molar-refractivity contribution in [2.45, 2.75) is 26.9 Å². The topological polar surface area (TPSA) is 67.1 Å². The highest BCUT2D eigenvalue weighted by Gasteiger charge is 2.10. The second-order valence-electron chi connectivity index (χ2n) is 6.04. The van der Waals surface area contributed by atoms with Gasteiger partial charge in [0.2, 0.25) is 0 Å². The van der Waals surface area contributed by atoms with Gasteiger partial charge in [0.1, 0.15) is 5.01 Å². The number of rotatable bonds is 5. The van der Waals surface area contributed by atoms with Crippen molar-refractivity contribution in [1.29, 1.82) is 0 Å². The molecule has 0 amide bonds. The normalized spacial score (nSPS) is 11.6. The van der Waals surface area contributed by atoms with Crippen molar-refractivity contribution in [3.8, 4) is 11.3 Å². The minimum Gasteiger partial charge on any atom is -0.352 e. The highest BCUT2D eigenvalue weighted by Crippen LogP contribution is 2.21. The average molecular weight is 369 g/mol. The van der Waals surface area contributed by atoms with Gasteiger partial charge in [0.15, 0.2) is 5.96 Å². The molecule has 0 spiro atoms. The predicted molar refractivity (Wildman–Crippen MR) is 107 cm³/mol. The van der Waals surface area contributed by atoms with Gasteiger partial charge in [-0.2, -0.15) is 5.10 Å². The van der Waals surface area contributed by atoms with E-state index in [2.05, 4.69) is 45.2 Å². The molecule has 136 valence electrons. The van der Waals surface area contributed by atoms with Crippen molar-refractivity contribution >= 4 is 17.3 Å². The van der Waals surface area contributed by atoms with E-state index in [1.165, 1.54) is 5.56 Å². The van der Waals surface area contributed by atoms with E-state index in [1.54, 1.807) is 18.4 Å². The fraction of sp³-hybridized carbons (Fsp3) is 0.316. The van der Waals surface area contributed by atoms with Gasteiger partial charge in [-0.1, -0.05) is 30.3 Å². The van der Waals surface area contributed by atoms with E-state index in [9.17, 15) is 0 Å². The van der Waals surface area contributed by atoms with E-state index in [0.717, 1.165) is 33.6 Å². The molecule has 2 N–H and O–H groups in total. The van der Waals surface area contributed by atoms with Crippen LogP contribution in [0.4, 0.5) is 0 Å². The van der Waals surface area contributed by atoms with Crippen molar-refractivity contribution in [2.75, 3.05) is 7.05 Å². The van der Waals surface area contributed by atoms with Gasteiger partial charge in [-0.3, -0.25) is 9.67 Å². The van der Waals surface area contributed by atoms with E-state index in [-0.39, 0.29) is 0 Å².